The highest BCUT2D eigenvalue weighted by atomic mass is 79.9. The summed E-state index contributed by atoms with van der Waals surface area (Å²) in [7, 11) is 0. The lowest BCUT2D eigenvalue weighted by Gasteiger charge is -2.16. The molecule has 0 spiro atoms. The average Bonchev–Trinajstić information content (AvgIpc) is 2.86. The molecule has 0 saturated heterocycles. The lowest BCUT2D eigenvalue weighted by atomic mass is 10.2. The Morgan fingerprint density at radius 1 is 1.28 bits per heavy atom. The molecule has 0 amide bonds. The van der Waals surface area contributed by atoms with Crippen LogP contribution in [0.4, 0.5) is 5.69 Å². The van der Waals surface area contributed by atoms with Gasteiger partial charge < -0.3 is 10.5 Å². The quantitative estimate of drug-likeness (QED) is 0.915. The first-order valence-electron chi connectivity index (χ1n) is 6.24. The molecule has 1 heterocycles. The number of ether oxygens (including phenoxy) is 1. The number of nitrogens with zero attached hydrogens (tertiary/aromatic N) is 1. The number of benzene rings is 1. The fraction of sp³-hybridized carbons (Fsp3) is 0.357. The molecular formula is C14H15BrN2O. The van der Waals surface area contributed by atoms with E-state index in [0.717, 1.165) is 34.0 Å². The first kappa shape index (κ1) is 11.8. The fourth-order valence-corrected chi connectivity index (χ4v) is 2.82. The van der Waals surface area contributed by atoms with E-state index in [4.69, 9.17) is 10.5 Å². The minimum Gasteiger partial charge on any atom is -0.487 e. The molecule has 1 aromatic heterocycles. The maximum absolute atomic E-state index is 6.09. The van der Waals surface area contributed by atoms with Crippen LogP contribution in [-0.2, 0) is 0 Å². The number of fused-ring (bicyclic) bond motifs is 1. The van der Waals surface area contributed by atoms with Crippen LogP contribution in [0, 0.1) is 0 Å². The van der Waals surface area contributed by atoms with Crippen LogP contribution in [0.1, 0.15) is 25.7 Å². The number of anilines is 1. The Balaban J connectivity index is 2.07. The highest BCUT2D eigenvalue weighted by Crippen LogP contribution is 2.35. The smallest absolute Gasteiger partial charge is 0.153 e. The third kappa shape index (κ3) is 2.17. The van der Waals surface area contributed by atoms with E-state index in [-0.39, 0.29) is 0 Å². The standard InChI is InChI=1S/C14H15BrN2O/c15-9-5-6-13-11(7-9)14(12(16)8-17-13)18-10-3-1-2-4-10/h5-8,10H,1-4,16H2. The summed E-state index contributed by atoms with van der Waals surface area (Å²) in [4.78, 5) is 4.33. The Labute approximate surface area is 114 Å². The lowest BCUT2D eigenvalue weighted by Crippen LogP contribution is -2.12. The van der Waals surface area contributed by atoms with Crippen molar-refractivity contribution < 1.29 is 4.74 Å². The zero-order chi connectivity index (χ0) is 12.5. The van der Waals surface area contributed by atoms with Crippen molar-refractivity contribution >= 4 is 32.5 Å². The first-order valence-corrected chi connectivity index (χ1v) is 7.04. The van der Waals surface area contributed by atoms with E-state index in [1.807, 2.05) is 18.2 Å². The molecular weight excluding hydrogens is 292 g/mol. The van der Waals surface area contributed by atoms with Crippen LogP contribution in [0.2, 0.25) is 0 Å². The summed E-state index contributed by atoms with van der Waals surface area (Å²) >= 11 is 3.48. The maximum atomic E-state index is 6.09. The molecule has 3 rings (SSSR count). The molecule has 0 unspecified atom stereocenters. The summed E-state index contributed by atoms with van der Waals surface area (Å²) in [6.45, 7) is 0. The minimum atomic E-state index is 0.303. The largest absolute Gasteiger partial charge is 0.487 e. The molecule has 4 heteroatoms. The highest BCUT2D eigenvalue weighted by Gasteiger charge is 2.19. The molecule has 1 aliphatic carbocycles. The van der Waals surface area contributed by atoms with Crippen LogP contribution in [-0.4, -0.2) is 11.1 Å². The monoisotopic (exact) mass is 306 g/mol. The van der Waals surface area contributed by atoms with Crippen LogP contribution >= 0.6 is 15.9 Å². The predicted octanol–water partition coefficient (Wildman–Crippen LogP) is 3.90. The van der Waals surface area contributed by atoms with Crippen molar-refractivity contribution in [1.82, 2.24) is 4.98 Å². The number of halogens is 1. The molecule has 0 bridgehead atoms. The lowest BCUT2D eigenvalue weighted by molar-refractivity contribution is 0.214. The van der Waals surface area contributed by atoms with Gasteiger partial charge in [0.25, 0.3) is 0 Å². The number of nitrogen functional groups attached to an aromatic ring is 1. The van der Waals surface area contributed by atoms with Gasteiger partial charge >= 0.3 is 0 Å². The number of rotatable bonds is 2. The van der Waals surface area contributed by atoms with Crippen molar-refractivity contribution in [2.45, 2.75) is 31.8 Å². The zero-order valence-corrected chi connectivity index (χ0v) is 11.6. The predicted molar refractivity (Wildman–Crippen MR) is 76.7 cm³/mol. The van der Waals surface area contributed by atoms with Gasteiger partial charge in [0.05, 0.1) is 23.5 Å². The first-order chi connectivity index (χ1) is 8.74. The Kier molecular flexibility index (Phi) is 3.12. The van der Waals surface area contributed by atoms with E-state index < -0.39 is 0 Å². The van der Waals surface area contributed by atoms with Crippen LogP contribution in [0.15, 0.2) is 28.9 Å². The van der Waals surface area contributed by atoms with Crippen LogP contribution in [0.25, 0.3) is 10.9 Å². The molecule has 0 atom stereocenters. The second-order valence-electron chi connectivity index (χ2n) is 4.73. The molecule has 2 N–H and O–H groups in total. The topological polar surface area (TPSA) is 48.1 Å². The normalized spacial score (nSPS) is 16.3. The average molecular weight is 307 g/mol. The molecule has 94 valence electrons. The second kappa shape index (κ2) is 4.76. The van der Waals surface area contributed by atoms with Crippen molar-refractivity contribution in [3.8, 4) is 5.75 Å². The number of hydrogen-bond acceptors (Lipinski definition) is 3. The molecule has 18 heavy (non-hydrogen) atoms. The van der Waals surface area contributed by atoms with Gasteiger partial charge in [-0.1, -0.05) is 15.9 Å². The third-order valence-electron chi connectivity index (χ3n) is 3.39. The number of pyridine rings is 1. The Hall–Kier alpha value is -1.29. The molecule has 1 fully saturated rings. The molecule has 0 radical (unpaired) electrons. The van der Waals surface area contributed by atoms with Gasteiger partial charge in [0, 0.05) is 9.86 Å². The van der Waals surface area contributed by atoms with Crippen molar-refractivity contribution in [2.75, 3.05) is 5.73 Å². The molecule has 3 nitrogen and oxygen atoms in total. The van der Waals surface area contributed by atoms with E-state index in [1.54, 1.807) is 6.20 Å². The Morgan fingerprint density at radius 3 is 2.83 bits per heavy atom. The van der Waals surface area contributed by atoms with E-state index in [1.165, 1.54) is 12.8 Å². The Bertz CT molecular complexity index is 574. The van der Waals surface area contributed by atoms with E-state index in [9.17, 15) is 0 Å². The second-order valence-corrected chi connectivity index (χ2v) is 5.64. The summed E-state index contributed by atoms with van der Waals surface area (Å²) in [5.74, 6) is 0.785. The number of aromatic nitrogens is 1. The molecule has 1 aromatic carbocycles. The van der Waals surface area contributed by atoms with Crippen molar-refractivity contribution in [1.29, 1.82) is 0 Å². The molecule has 1 saturated carbocycles. The summed E-state index contributed by atoms with van der Waals surface area (Å²) in [6, 6.07) is 5.97. The molecule has 0 aliphatic heterocycles. The van der Waals surface area contributed by atoms with Crippen molar-refractivity contribution in [3.05, 3.63) is 28.9 Å². The number of nitrogens with two attached hydrogens (primary N) is 1. The van der Waals surface area contributed by atoms with Gasteiger partial charge in [-0.2, -0.15) is 0 Å². The summed E-state index contributed by atoms with van der Waals surface area (Å²) in [5.41, 5.74) is 7.55. The van der Waals surface area contributed by atoms with Crippen molar-refractivity contribution in [2.24, 2.45) is 0 Å². The van der Waals surface area contributed by atoms with Crippen LogP contribution in [0.3, 0.4) is 0 Å². The summed E-state index contributed by atoms with van der Waals surface area (Å²) < 4.78 is 7.10. The van der Waals surface area contributed by atoms with Gasteiger partial charge in [-0.25, -0.2) is 0 Å². The van der Waals surface area contributed by atoms with Gasteiger partial charge in [-0.15, -0.1) is 0 Å². The van der Waals surface area contributed by atoms with Gasteiger partial charge in [0.15, 0.2) is 5.75 Å². The minimum absolute atomic E-state index is 0.303. The van der Waals surface area contributed by atoms with E-state index in [0.29, 0.717) is 11.8 Å². The van der Waals surface area contributed by atoms with Gasteiger partial charge in [-0.05, 0) is 43.9 Å². The van der Waals surface area contributed by atoms with E-state index in [2.05, 4.69) is 20.9 Å². The fourth-order valence-electron chi connectivity index (χ4n) is 2.46. The number of hydrogen-bond donors (Lipinski definition) is 1. The van der Waals surface area contributed by atoms with Gasteiger partial charge in [0.1, 0.15) is 0 Å². The zero-order valence-electron chi connectivity index (χ0n) is 10.0. The summed E-state index contributed by atoms with van der Waals surface area (Å²) in [6.07, 6.45) is 6.72. The van der Waals surface area contributed by atoms with Crippen molar-refractivity contribution in [3.63, 3.8) is 0 Å². The summed E-state index contributed by atoms with van der Waals surface area (Å²) in [5, 5.41) is 0.983. The van der Waals surface area contributed by atoms with Crippen LogP contribution in [0.5, 0.6) is 5.75 Å². The highest BCUT2D eigenvalue weighted by molar-refractivity contribution is 9.10. The SMILES string of the molecule is Nc1cnc2ccc(Br)cc2c1OC1CCCC1. The molecule has 2 aromatic rings. The van der Waals surface area contributed by atoms with Gasteiger partial charge in [0.2, 0.25) is 0 Å². The molecule has 1 aliphatic rings. The van der Waals surface area contributed by atoms with Crippen LogP contribution < -0.4 is 10.5 Å². The van der Waals surface area contributed by atoms with Gasteiger partial charge in [-0.3, -0.25) is 4.98 Å². The maximum Gasteiger partial charge on any atom is 0.153 e. The van der Waals surface area contributed by atoms with E-state index >= 15 is 0 Å². The third-order valence-corrected chi connectivity index (χ3v) is 3.89. The Morgan fingerprint density at radius 2 is 2.06 bits per heavy atom.